The van der Waals surface area contributed by atoms with Crippen molar-refractivity contribution in [2.24, 2.45) is 0 Å². The summed E-state index contributed by atoms with van der Waals surface area (Å²) in [4.78, 5) is 0. The third-order valence-electron chi connectivity index (χ3n) is 1.19. The molecule has 1 aromatic carbocycles. The second kappa shape index (κ2) is 5.44. The van der Waals surface area contributed by atoms with Crippen LogP contribution in [0, 0.1) is 12.0 Å². The second-order valence-corrected chi connectivity index (χ2v) is 8.52. The van der Waals surface area contributed by atoms with Gasteiger partial charge in [0.25, 0.3) is 0 Å². The molecule has 0 aromatic heterocycles. The summed E-state index contributed by atoms with van der Waals surface area (Å²) < 4.78 is 0. The van der Waals surface area contributed by atoms with Crippen LogP contribution in [-0.4, -0.2) is 13.2 Å². The zero-order valence-electron chi connectivity index (χ0n) is 8.41. The predicted molar refractivity (Wildman–Crippen MR) is 60.3 cm³/mol. The summed E-state index contributed by atoms with van der Waals surface area (Å²) in [5, 5.41) is 8.63. The van der Waals surface area contributed by atoms with Crippen LogP contribution in [0.2, 0.25) is 19.6 Å². The third-order valence-corrected chi connectivity index (χ3v) is 2.06. The Kier molecular flexibility index (Phi) is 4.94. The molecule has 0 unspecified atom stereocenters. The number of hydrogen-bond acceptors (Lipinski definition) is 1. The molecule has 0 radical (unpaired) electrons. The minimum atomic E-state index is -1.10. The van der Waals surface area contributed by atoms with Crippen molar-refractivity contribution in [3.05, 3.63) is 30.3 Å². The number of phenols is 1. The highest BCUT2D eigenvalue weighted by molar-refractivity contribution is 6.83. The third kappa shape index (κ3) is 8.71. The first-order valence-electron chi connectivity index (χ1n) is 4.17. The maximum atomic E-state index is 8.63. The van der Waals surface area contributed by atoms with Gasteiger partial charge in [0.15, 0.2) is 0 Å². The number of phenolic OH excluding ortho intramolecular Hbond substituents is 1. The molecule has 0 amide bonds. The Balaban J connectivity index is 0.000000226. The Morgan fingerprint density at radius 2 is 1.54 bits per heavy atom. The van der Waals surface area contributed by atoms with Crippen molar-refractivity contribution in [1.82, 2.24) is 0 Å². The first-order chi connectivity index (χ1) is 5.95. The first-order valence-corrected chi connectivity index (χ1v) is 7.67. The van der Waals surface area contributed by atoms with E-state index in [1.807, 2.05) is 6.07 Å². The smallest absolute Gasteiger partial charge is 0.128 e. The van der Waals surface area contributed by atoms with Gasteiger partial charge in [-0.15, -0.1) is 12.0 Å². The lowest BCUT2D eigenvalue weighted by molar-refractivity contribution is 0.475. The first kappa shape index (κ1) is 11.8. The van der Waals surface area contributed by atoms with E-state index >= 15 is 0 Å². The highest BCUT2D eigenvalue weighted by Gasteiger charge is 2.05. The molecule has 13 heavy (non-hydrogen) atoms. The van der Waals surface area contributed by atoms with Gasteiger partial charge in [0.2, 0.25) is 0 Å². The summed E-state index contributed by atoms with van der Waals surface area (Å²) in [5.74, 6) is 0.322. The van der Waals surface area contributed by atoms with Gasteiger partial charge < -0.3 is 5.11 Å². The molecule has 0 heterocycles. The van der Waals surface area contributed by atoms with Crippen LogP contribution in [0.4, 0.5) is 0 Å². The molecule has 1 N–H and O–H groups in total. The van der Waals surface area contributed by atoms with Crippen molar-refractivity contribution in [2.75, 3.05) is 0 Å². The normalized spacial score (nSPS) is 9.38. The molecule has 0 aliphatic carbocycles. The average Bonchev–Trinajstić information content (AvgIpc) is 2.06. The van der Waals surface area contributed by atoms with Gasteiger partial charge in [0.1, 0.15) is 13.8 Å². The molecular weight excluding hydrogens is 176 g/mol. The van der Waals surface area contributed by atoms with E-state index in [1.54, 1.807) is 24.3 Å². The quantitative estimate of drug-likeness (QED) is 0.495. The molecular formula is C11H16OSi. The number of terminal acetylenes is 1. The molecule has 0 fully saturated rings. The van der Waals surface area contributed by atoms with E-state index in [2.05, 4.69) is 25.2 Å². The van der Waals surface area contributed by atoms with Gasteiger partial charge in [0, 0.05) is 0 Å². The van der Waals surface area contributed by atoms with Crippen molar-refractivity contribution in [1.29, 1.82) is 0 Å². The summed E-state index contributed by atoms with van der Waals surface area (Å²) in [6.45, 7) is 6.44. The average molecular weight is 192 g/mol. The molecule has 0 aliphatic rings. The van der Waals surface area contributed by atoms with Crippen molar-refractivity contribution < 1.29 is 5.11 Å². The molecule has 0 bridgehead atoms. The molecule has 0 saturated heterocycles. The largest absolute Gasteiger partial charge is 0.508 e. The fraction of sp³-hybridized carbons (Fsp3) is 0.273. The van der Waals surface area contributed by atoms with Crippen LogP contribution in [0.1, 0.15) is 0 Å². The van der Waals surface area contributed by atoms with Crippen LogP contribution >= 0.6 is 0 Å². The summed E-state index contributed by atoms with van der Waals surface area (Å²) in [5.41, 5.74) is 2.74. The highest BCUT2D eigenvalue weighted by Crippen LogP contribution is 2.02. The highest BCUT2D eigenvalue weighted by atomic mass is 28.3. The number of benzene rings is 1. The van der Waals surface area contributed by atoms with E-state index in [1.165, 1.54) is 0 Å². The molecule has 1 aromatic rings. The monoisotopic (exact) mass is 192 g/mol. The van der Waals surface area contributed by atoms with Crippen LogP contribution < -0.4 is 0 Å². The summed E-state index contributed by atoms with van der Waals surface area (Å²) in [6, 6.07) is 8.71. The Bertz CT molecular complexity index is 266. The summed E-state index contributed by atoms with van der Waals surface area (Å²) in [6.07, 6.45) is 5.12. The minimum Gasteiger partial charge on any atom is -0.508 e. The Labute approximate surface area is 81.4 Å². The molecule has 0 atom stereocenters. The lowest BCUT2D eigenvalue weighted by atomic mass is 10.3. The van der Waals surface area contributed by atoms with Gasteiger partial charge in [-0.3, -0.25) is 0 Å². The molecule has 0 saturated carbocycles. The van der Waals surface area contributed by atoms with Gasteiger partial charge in [0.05, 0.1) is 0 Å². The number of para-hydroxylation sites is 1. The molecule has 1 rings (SSSR count). The maximum Gasteiger partial charge on any atom is 0.128 e. The number of aromatic hydroxyl groups is 1. The molecule has 1 nitrogen and oxygen atoms in total. The van der Waals surface area contributed by atoms with E-state index in [-0.39, 0.29) is 0 Å². The molecule has 70 valence electrons. The Hall–Kier alpha value is -1.20. The molecule has 2 heteroatoms. The SMILES string of the molecule is C#C[Si](C)(C)C.Oc1ccccc1. The van der Waals surface area contributed by atoms with Gasteiger partial charge in [-0.2, -0.15) is 0 Å². The standard InChI is InChI=1S/C6H6O.C5H10Si/c7-6-4-2-1-3-5-6;1-5-6(2,3)4/h1-5,7H;1H,2-4H3. The van der Waals surface area contributed by atoms with Crippen molar-refractivity contribution in [2.45, 2.75) is 19.6 Å². The minimum absolute atomic E-state index is 0.322. The Morgan fingerprint density at radius 3 is 1.69 bits per heavy atom. The van der Waals surface area contributed by atoms with Crippen LogP contribution in [0.15, 0.2) is 30.3 Å². The van der Waals surface area contributed by atoms with E-state index in [4.69, 9.17) is 11.5 Å². The lowest BCUT2D eigenvalue weighted by Crippen LogP contribution is -2.15. The zero-order chi connectivity index (χ0) is 10.3. The van der Waals surface area contributed by atoms with E-state index in [0.29, 0.717) is 5.75 Å². The number of rotatable bonds is 0. The van der Waals surface area contributed by atoms with Gasteiger partial charge >= 0.3 is 0 Å². The topological polar surface area (TPSA) is 20.2 Å². The van der Waals surface area contributed by atoms with Crippen LogP contribution in [-0.2, 0) is 0 Å². The fourth-order valence-electron chi connectivity index (χ4n) is 0.428. The van der Waals surface area contributed by atoms with Crippen molar-refractivity contribution in [3.8, 4) is 17.7 Å². The molecule has 0 spiro atoms. The summed E-state index contributed by atoms with van der Waals surface area (Å²) in [7, 11) is -1.10. The van der Waals surface area contributed by atoms with E-state index in [9.17, 15) is 0 Å². The Morgan fingerprint density at radius 1 is 1.15 bits per heavy atom. The maximum absolute atomic E-state index is 8.63. The van der Waals surface area contributed by atoms with Gasteiger partial charge in [-0.25, -0.2) is 0 Å². The van der Waals surface area contributed by atoms with Gasteiger partial charge in [-0.1, -0.05) is 37.8 Å². The molecule has 0 aliphatic heterocycles. The van der Waals surface area contributed by atoms with E-state index in [0.717, 1.165) is 0 Å². The van der Waals surface area contributed by atoms with Crippen LogP contribution in [0.25, 0.3) is 0 Å². The van der Waals surface area contributed by atoms with Gasteiger partial charge in [-0.05, 0) is 12.1 Å². The summed E-state index contributed by atoms with van der Waals surface area (Å²) >= 11 is 0. The second-order valence-electron chi connectivity index (χ2n) is 3.73. The van der Waals surface area contributed by atoms with Crippen molar-refractivity contribution in [3.63, 3.8) is 0 Å². The fourth-order valence-corrected chi connectivity index (χ4v) is 0.428. The van der Waals surface area contributed by atoms with Crippen LogP contribution in [0.5, 0.6) is 5.75 Å². The zero-order valence-corrected chi connectivity index (χ0v) is 9.41. The lowest BCUT2D eigenvalue weighted by Gasteiger charge is -2.00. The predicted octanol–water partition coefficient (Wildman–Crippen LogP) is 2.89. The van der Waals surface area contributed by atoms with Crippen LogP contribution in [0.3, 0.4) is 0 Å². The number of hydrogen-bond donors (Lipinski definition) is 1. The van der Waals surface area contributed by atoms with Crippen molar-refractivity contribution >= 4 is 8.07 Å². The van der Waals surface area contributed by atoms with E-state index < -0.39 is 8.07 Å².